The topological polar surface area (TPSA) is 180 Å². The Hall–Kier alpha value is -4.64. The highest BCUT2D eigenvalue weighted by Crippen LogP contribution is 2.57. The molecule has 3 fully saturated rings. The molecular formula is C40H54FN5O10S. The minimum atomic E-state index is -3.94. The zero-order valence-electron chi connectivity index (χ0n) is 33.5. The number of likely N-dealkylation sites (tertiary alicyclic amines) is 1. The van der Waals surface area contributed by atoms with E-state index in [1.807, 2.05) is 19.0 Å². The number of allylic oxidation sites excluding steroid dienone is 1. The van der Waals surface area contributed by atoms with Crippen molar-refractivity contribution in [3.8, 4) is 0 Å². The molecule has 15 nitrogen and oxygen atoms in total. The zero-order valence-corrected chi connectivity index (χ0v) is 34.3. The first kappa shape index (κ1) is 43.5. The molecule has 0 aromatic heterocycles. The van der Waals surface area contributed by atoms with Gasteiger partial charge in [0.2, 0.25) is 27.7 Å². The molecule has 0 spiro atoms. The monoisotopic (exact) mass is 815 g/mol. The molecule has 0 radical (unpaired) electrons. The number of fused-ring (bicyclic) bond motifs is 1. The van der Waals surface area contributed by atoms with Crippen molar-refractivity contribution >= 4 is 45.6 Å². The highest BCUT2D eigenvalue weighted by molar-refractivity contribution is 7.90. The van der Waals surface area contributed by atoms with Gasteiger partial charge < -0.3 is 24.2 Å². The van der Waals surface area contributed by atoms with Crippen LogP contribution in [0.4, 0.5) is 9.18 Å². The lowest BCUT2D eigenvalue weighted by molar-refractivity contribution is -0.159. The second-order valence-electron chi connectivity index (χ2n) is 16.9. The van der Waals surface area contributed by atoms with Gasteiger partial charge in [-0.1, -0.05) is 24.3 Å². The van der Waals surface area contributed by atoms with Gasteiger partial charge in [0.05, 0.1) is 42.1 Å². The molecule has 1 N–H and O–H groups in total. The van der Waals surface area contributed by atoms with E-state index in [1.165, 1.54) is 40.0 Å². The fourth-order valence-corrected chi connectivity index (χ4v) is 8.81. The number of hydrogen-bond acceptors (Lipinski definition) is 11. The molecule has 2 heterocycles. The molecule has 0 bridgehead atoms. The number of nitrogens with zero attached hydrogens (tertiary/aromatic N) is 4. The Morgan fingerprint density at radius 1 is 1.11 bits per heavy atom. The average Bonchev–Trinajstić information content (AvgIpc) is 4.00. The number of ketones is 1. The van der Waals surface area contributed by atoms with E-state index >= 15 is 0 Å². The largest absolute Gasteiger partial charge is 0.460 e. The van der Waals surface area contributed by atoms with Crippen LogP contribution in [0.1, 0.15) is 70.4 Å². The van der Waals surface area contributed by atoms with E-state index in [0.29, 0.717) is 30.5 Å². The van der Waals surface area contributed by atoms with Crippen LogP contribution in [-0.2, 0) is 56.6 Å². The highest BCUT2D eigenvalue weighted by atomic mass is 32.2. The van der Waals surface area contributed by atoms with E-state index in [9.17, 15) is 41.6 Å². The molecule has 1 saturated heterocycles. The van der Waals surface area contributed by atoms with Gasteiger partial charge >= 0.3 is 12.1 Å². The third-order valence-corrected chi connectivity index (χ3v) is 12.5. The zero-order chi connectivity index (χ0) is 42.0. The lowest BCUT2D eigenvalue weighted by atomic mass is 9.91. The van der Waals surface area contributed by atoms with Gasteiger partial charge in [0.25, 0.3) is 0 Å². The fraction of sp³-hybridized carbons (Fsp3) is 0.600. The van der Waals surface area contributed by atoms with Crippen LogP contribution in [0.15, 0.2) is 43.0 Å². The number of amides is 4. The molecule has 1 aromatic rings. The molecule has 2 unspecified atom stereocenters. The number of esters is 1. The Balaban J connectivity index is 1.41. The summed E-state index contributed by atoms with van der Waals surface area (Å²) in [5.41, 5.74) is -1.33. The maximum Gasteiger partial charge on any atom is 0.410 e. The average molecular weight is 816 g/mol. The number of nitrogens with one attached hydrogen (secondary N) is 1. The van der Waals surface area contributed by atoms with Gasteiger partial charge in [0, 0.05) is 51.2 Å². The normalized spacial score (nSPS) is 23.5. The highest BCUT2D eigenvalue weighted by Gasteiger charge is 2.61. The first-order valence-corrected chi connectivity index (χ1v) is 20.7. The molecule has 4 amide bonds. The molecule has 2 aliphatic carbocycles. The number of carbonyl (C=O) groups excluding carboxylic acids is 6. The first-order valence-electron chi connectivity index (χ1n) is 19.2. The van der Waals surface area contributed by atoms with Crippen molar-refractivity contribution in [3.63, 3.8) is 0 Å². The number of benzene rings is 1. The van der Waals surface area contributed by atoms with Gasteiger partial charge in [-0.3, -0.25) is 33.6 Å². The van der Waals surface area contributed by atoms with Crippen molar-refractivity contribution < 1.29 is 51.0 Å². The number of rotatable bonds is 16. The van der Waals surface area contributed by atoms with Crippen LogP contribution in [0.2, 0.25) is 0 Å². The van der Waals surface area contributed by atoms with Crippen molar-refractivity contribution in [1.29, 1.82) is 0 Å². The number of sulfonamides is 1. The standard InChI is InChI=1S/C40H54FN5O10S/c1-8-27-19-40(27,37(51)42-57(53,54)29-14-15-29)20-33(47)32-18-28(55-38(52)45-22-25-11-9-12-31(41)30(25)24-45)23-46(32)36(50)26(17-35(49)56-39(2,3)4)21-44(7)34(48)13-10-16-43(5)6/h8-13,26-29,32H,1,14-24H2,2-7H3,(H,42,51)/b13-10+/t26?,27-,28?,32+,40-/m1/s1. The van der Waals surface area contributed by atoms with E-state index < -0.39 is 104 Å². The minimum absolute atomic E-state index is 0.0375. The van der Waals surface area contributed by atoms with Crippen LogP contribution in [0.5, 0.6) is 0 Å². The summed E-state index contributed by atoms with van der Waals surface area (Å²) in [6.45, 7) is 8.82. The summed E-state index contributed by atoms with van der Waals surface area (Å²) in [6.07, 6.45) is 2.67. The Morgan fingerprint density at radius 2 is 1.81 bits per heavy atom. The van der Waals surface area contributed by atoms with Crippen LogP contribution in [0.3, 0.4) is 0 Å². The summed E-state index contributed by atoms with van der Waals surface area (Å²) in [5, 5.41) is -0.677. The van der Waals surface area contributed by atoms with Crippen molar-refractivity contribution in [2.75, 3.05) is 40.8 Å². The molecule has 57 heavy (non-hydrogen) atoms. The van der Waals surface area contributed by atoms with Crippen LogP contribution < -0.4 is 4.72 Å². The summed E-state index contributed by atoms with van der Waals surface area (Å²) in [7, 11) is 1.21. The summed E-state index contributed by atoms with van der Waals surface area (Å²) in [4.78, 5) is 88.0. The van der Waals surface area contributed by atoms with E-state index in [1.54, 1.807) is 39.0 Å². The number of carbonyl (C=O) groups is 6. The predicted octanol–water partition coefficient (Wildman–Crippen LogP) is 2.93. The molecule has 2 aliphatic heterocycles. The van der Waals surface area contributed by atoms with Crippen molar-refractivity contribution in [3.05, 3.63) is 60.0 Å². The molecule has 312 valence electrons. The quantitative estimate of drug-likeness (QED) is 0.147. The number of likely N-dealkylation sites (N-methyl/N-ethyl adjacent to an activating group) is 2. The van der Waals surface area contributed by atoms with E-state index in [2.05, 4.69) is 11.3 Å². The van der Waals surface area contributed by atoms with Crippen LogP contribution in [-0.4, -0.2) is 127 Å². The van der Waals surface area contributed by atoms with Crippen molar-refractivity contribution in [2.45, 2.75) is 95.4 Å². The smallest absolute Gasteiger partial charge is 0.410 e. The van der Waals surface area contributed by atoms with Gasteiger partial charge in [-0.2, -0.15) is 0 Å². The number of hydrogen-bond donors (Lipinski definition) is 1. The molecule has 2 saturated carbocycles. The Kier molecular flexibility index (Phi) is 13.0. The molecular weight excluding hydrogens is 762 g/mol. The predicted molar refractivity (Wildman–Crippen MR) is 206 cm³/mol. The van der Waals surface area contributed by atoms with Crippen LogP contribution >= 0.6 is 0 Å². The summed E-state index contributed by atoms with van der Waals surface area (Å²) in [6, 6.07) is 3.30. The lowest BCUT2D eigenvalue weighted by Gasteiger charge is -2.31. The first-order chi connectivity index (χ1) is 26.6. The third-order valence-electron chi connectivity index (χ3n) is 10.7. The Labute approximate surface area is 333 Å². The number of halogens is 1. The number of ether oxygens (including phenoxy) is 2. The molecule has 5 atom stereocenters. The van der Waals surface area contributed by atoms with Gasteiger partial charge in [0.1, 0.15) is 17.5 Å². The minimum Gasteiger partial charge on any atom is -0.460 e. The van der Waals surface area contributed by atoms with E-state index in [4.69, 9.17) is 9.47 Å². The summed E-state index contributed by atoms with van der Waals surface area (Å²) >= 11 is 0. The van der Waals surface area contributed by atoms with E-state index in [-0.39, 0.29) is 39.0 Å². The second-order valence-corrected chi connectivity index (χ2v) is 18.8. The molecule has 1 aromatic carbocycles. The van der Waals surface area contributed by atoms with E-state index in [0.717, 1.165) is 0 Å². The van der Waals surface area contributed by atoms with Gasteiger partial charge in [-0.05, 0) is 71.7 Å². The summed E-state index contributed by atoms with van der Waals surface area (Å²) < 4.78 is 53.5. The fourth-order valence-electron chi connectivity index (χ4n) is 7.43. The third kappa shape index (κ3) is 10.7. The Morgan fingerprint density at radius 3 is 2.40 bits per heavy atom. The van der Waals surface area contributed by atoms with Crippen LogP contribution in [0, 0.1) is 23.1 Å². The van der Waals surface area contributed by atoms with Gasteiger partial charge in [0.15, 0.2) is 5.78 Å². The second kappa shape index (κ2) is 17.1. The van der Waals surface area contributed by atoms with Crippen molar-refractivity contribution in [2.24, 2.45) is 17.3 Å². The SMILES string of the molecule is C=C[C@@H]1C[C@]1(CC(=O)[C@@H]1CC(OC(=O)N2Cc3cccc(F)c3C2)CN1C(=O)C(CC(=O)OC(C)(C)C)CN(C)C(=O)/C=C/CN(C)C)C(=O)NS(=O)(=O)C1CC1. The van der Waals surface area contributed by atoms with Gasteiger partial charge in [-0.25, -0.2) is 17.6 Å². The molecule has 4 aliphatic rings. The molecule has 5 rings (SSSR count). The lowest BCUT2D eigenvalue weighted by Crippen LogP contribution is -2.48. The maximum absolute atomic E-state index is 14.6. The van der Waals surface area contributed by atoms with Crippen LogP contribution in [0.25, 0.3) is 0 Å². The molecule has 17 heteroatoms. The number of Topliss-reactive ketones (excluding diaryl/α,β-unsaturated/α-hetero) is 1. The van der Waals surface area contributed by atoms with Crippen molar-refractivity contribution in [1.82, 2.24) is 24.3 Å². The Bertz CT molecular complexity index is 1930. The van der Waals surface area contributed by atoms with Gasteiger partial charge in [-0.15, -0.1) is 6.58 Å². The maximum atomic E-state index is 14.6. The summed E-state index contributed by atoms with van der Waals surface area (Å²) in [5.74, 6) is -5.38.